The third-order valence-corrected chi connectivity index (χ3v) is 4.47. The molecule has 1 aromatic carbocycles. The molecule has 110 valence electrons. The van der Waals surface area contributed by atoms with Crippen molar-refractivity contribution in [2.45, 2.75) is 5.25 Å². The molecule has 1 atom stereocenters. The van der Waals surface area contributed by atoms with Gasteiger partial charge in [0.1, 0.15) is 9.57 Å². The molecule has 6 nitrogen and oxygen atoms in total. The molecule has 2 rings (SSSR count). The normalized spacial score (nSPS) is 17.9. The first-order valence-electron chi connectivity index (χ1n) is 6.14. The van der Waals surface area contributed by atoms with E-state index >= 15 is 0 Å². The number of hydrogen-bond donors (Lipinski definition) is 1. The average molecular weight is 323 g/mol. The number of thiocarbonyl (C=S) groups is 1. The Balaban J connectivity index is 1.94. The predicted molar refractivity (Wildman–Crippen MR) is 87.5 cm³/mol. The van der Waals surface area contributed by atoms with Gasteiger partial charge >= 0.3 is 0 Å². The Morgan fingerprint density at radius 1 is 1.48 bits per heavy atom. The number of amides is 1. The number of carbonyl (C=O) groups excluding carboxylic acids is 1. The van der Waals surface area contributed by atoms with Crippen molar-refractivity contribution in [2.75, 3.05) is 18.4 Å². The second-order valence-corrected chi connectivity index (χ2v) is 6.13. The lowest BCUT2D eigenvalue weighted by Gasteiger charge is -2.13. The van der Waals surface area contributed by atoms with Crippen LogP contribution in [0.25, 0.3) is 0 Å². The molecule has 8 heteroatoms. The number of carbonyl (C=O) groups is 1. The van der Waals surface area contributed by atoms with Gasteiger partial charge in [0.25, 0.3) is 5.69 Å². The lowest BCUT2D eigenvalue weighted by molar-refractivity contribution is -0.384. The number of hydrogen-bond acceptors (Lipinski definition) is 6. The van der Waals surface area contributed by atoms with Crippen molar-refractivity contribution >= 4 is 45.6 Å². The van der Waals surface area contributed by atoms with Gasteiger partial charge in [0.05, 0.1) is 4.92 Å². The number of thioether (sulfide) groups is 1. The largest absolute Gasteiger partial charge is 0.383 e. The van der Waals surface area contributed by atoms with Crippen LogP contribution in [0.5, 0.6) is 0 Å². The summed E-state index contributed by atoms with van der Waals surface area (Å²) in [5.74, 6) is -0.0423. The molecule has 1 amide bonds. The molecule has 1 unspecified atom stereocenters. The molecule has 1 aliphatic rings. The molecule has 0 aliphatic carbocycles. The maximum absolute atomic E-state index is 12.1. The molecule has 0 bridgehead atoms. The van der Waals surface area contributed by atoms with Crippen molar-refractivity contribution in [3.05, 3.63) is 47.0 Å². The maximum atomic E-state index is 12.1. The summed E-state index contributed by atoms with van der Waals surface area (Å²) < 4.78 is 0.551. The second kappa shape index (κ2) is 6.68. The van der Waals surface area contributed by atoms with E-state index in [2.05, 4.69) is 11.9 Å². The highest BCUT2D eigenvalue weighted by Gasteiger charge is 2.35. The van der Waals surface area contributed by atoms with Crippen molar-refractivity contribution in [2.24, 2.45) is 0 Å². The van der Waals surface area contributed by atoms with Gasteiger partial charge in [-0.3, -0.25) is 19.8 Å². The molecule has 21 heavy (non-hydrogen) atoms. The Hall–Kier alpha value is -1.93. The topological polar surface area (TPSA) is 75.5 Å². The molecule has 1 aromatic rings. The minimum Gasteiger partial charge on any atom is -0.383 e. The Labute approximate surface area is 131 Å². The van der Waals surface area contributed by atoms with Crippen LogP contribution in [0.1, 0.15) is 0 Å². The van der Waals surface area contributed by atoms with Crippen LogP contribution in [0.2, 0.25) is 0 Å². The minimum absolute atomic E-state index is 0.0326. The number of nitrogens with one attached hydrogen (secondary N) is 1. The lowest BCUT2D eigenvalue weighted by Crippen LogP contribution is -2.34. The first kappa shape index (κ1) is 15.5. The van der Waals surface area contributed by atoms with Crippen LogP contribution in [0.4, 0.5) is 11.4 Å². The van der Waals surface area contributed by atoms with Crippen LogP contribution in [-0.2, 0) is 4.79 Å². The highest BCUT2D eigenvalue weighted by atomic mass is 32.2. The summed E-state index contributed by atoms with van der Waals surface area (Å²) in [5, 5.41) is 13.4. The zero-order chi connectivity index (χ0) is 15.4. The van der Waals surface area contributed by atoms with Crippen LogP contribution in [0.15, 0.2) is 36.9 Å². The van der Waals surface area contributed by atoms with Gasteiger partial charge in [-0.05, 0) is 12.1 Å². The Bertz CT molecular complexity index is 589. The summed E-state index contributed by atoms with van der Waals surface area (Å²) in [6, 6.07) is 6.06. The number of nitrogens with zero attached hydrogens (tertiary/aromatic N) is 2. The van der Waals surface area contributed by atoms with Gasteiger partial charge in [-0.1, -0.05) is 30.1 Å². The molecule has 1 aliphatic heterocycles. The highest BCUT2D eigenvalue weighted by molar-refractivity contribution is 8.24. The fourth-order valence-electron chi connectivity index (χ4n) is 1.83. The monoisotopic (exact) mass is 323 g/mol. The van der Waals surface area contributed by atoms with Crippen LogP contribution in [0, 0.1) is 10.1 Å². The number of anilines is 1. The van der Waals surface area contributed by atoms with Gasteiger partial charge in [-0.2, -0.15) is 0 Å². The standard InChI is InChI=1S/C13H13N3O3S2/c1-2-7-15-12(17)11(21-13(15)20)8-14-9-3-5-10(6-4-9)16(18)19/h2-6,11,14H,1,7-8H2. The lowest BCUT2D eigenvalue weighted by atomic mass is 10.2. The molecule has 1 fully saturated rings. The van der Waals surface area contributed by atoms with Crippen molar-refractivity contribution in [1.82, 2.24) is 4.90 Å². The average Bonchev–Trinajstić information content (AvgIpc) is 2.73. The third kappa shape index (κ3) is 3.59. The van der Waals surface area contributed by atoms with E-state index in [1.54, 1.807) is 18.2 Å². The van der Waals surface area contributed by atoms with E-state index in [9.17, 15) is 14.9 Å². The summed E-state index contributed by atoms with van der Waals surface area (Å²) in [6.07, 6.45) is 1.64. The highest BCUT2D eigenvalue weighted by Crippen LogP contribution is 2.27. The SMILES string of the molecule is C=CCN1C(=O)C(CNc2ccc([N+](=O)[O-])cc2)SC1=S. The van der Waals surface area contributed by atoms with Gasteiger partial charge in [-0.15, -0.1) is 6.58 Å². The fourth-order valence-corrected chi connectivity index (χ4v) is 3.28. The van der Waals surface area contributed by atoms with Gasteiger partial charge in [-0.25, -0.2) is 0 Å². The quantitative estimate of drug-likeness (QED) is 0.375. The summed E-state index contributed by atoms with van der Waals surface area (Å²) in [4.78, 5) is 23.7. The third-order valence-electron chi connectivity index (χ3n) is 2.89. The first-order valence-corrected chi connectivity index (χ1v) is 7.43. The van der Waals surface area contributed by atoms with Crippen molar-refractivity contribution in [1.29, 1.82) is 0 Å². The molecular formula is C13H13N3O3S2. The van der Waals surface area contributed by atoms with E-state index in [1.165, 1.54) is 28.8 Å². The van der Waals surface area contributed by atoms with Gasteiger partial charge in [0.2, 0.25) is 5.91 Å². The van der Waals surface area contributed by atoms with Crippen molar-refractivity contribution in [3.8, 4) is 0 Å². The second-order valence-electron chi connectivity index (χ2n) is 4.29. The zero-order valence-corrected chi connectivity index (χ0v) is 12.7. The minimum atomic E-state index is -0.453. The van der Waals surface area contributed by atoms with Crippen molar-refractivity contribution < 1.29 is 9.72 Å². The van der Waals surface area contributed by atoms with Crippen LogP contribution >= 0.6 is 24.0 Å². The molecule has 0 radical (unpaired) electrons. The summed E-state index contributed by atoms with van der Waals surface area (Å²) >= 11 is 6.49. The molecule has 0 saturated carbocycles. The van der Waals surface area contributed by atoms with Crippen LogP contribution in [0.3, 0.4) is 0 Å². The molecule has 0 spiro atoms. The van der Waals surface area contributed by atoms with E-state index in [-0.39, 0.29) is 16.8 Å². The van der Waals surface area contributed by atoms with Gasteiger partial charge < -0.3 is 5.32 Å². The van der Waals surface area contributed by atoms with E-state index < -0.39 is 4.92 Å². The van der Waals surface area contributed by atoms with Gasteiger partial charge in [0.15, 0.2) is 0 Å². The maximum Gasteiger partial charge on any atom is 0.269 e. The Morgan fingerprint density at radius 3 is 2.71 bits per heavy atom. The van der Waals surface area contributed by atoms with Crippen LogP contribution in [-0.4, -0.2) is 38.4 Å². The summed E-state index contributed by atoms with van der Waals surface area (Å²) in [6.45, 7) is 4.43. The zero-order valence-electron chi connectivity index (χ0n) is 11.0. The van der Waals surface area contributed by atoms with E-state index in [4.69, 9.17) is 12.2 Å². The number of nitro groups is 1. The van der Waals surface area contributed by atoms with E-state index in [0.717, 1.165) is 5.69 Å². The van der Waals surface area contributed by atoms with E-state index in [1.807, 2.05) is 0 Å². The summed E-state index contributed by atoms with van der Waals surface area (Å²) in [5.41, 5.74) is 0.757. The molecule has 0 aromatic heterocycles. The van der Waals surface area contributed by atoms with E-state index in [0.29, 0.717) is 17.4 Å². The number of non-ortho nitro benzene ring substituents is 1. The Kier molecular flexibility index (Phi) is 4.92. The van der Waals surface area contributed by atoms with Crippen molar-refractivity contribution in [3.63, 3.8) is 0 Å². The Morgan fingerprint density at radius 2 is 2.14 bits per heavy atom. The molecule has 1 heterocycles. The summed E-state index contributed by atoms with van der Waals surface area (Å²) in [7, 11) is 0. The number of benzene rings is 1. The molecule has 1 N–H and O–H groups in total. The number of rotatable bonds is 6. The molecule has 1 saturated heterocycles. The molecular weight excluding hydrogens is 310 g/mol. The predicted octanol–water partition coefficient (Wildman–Crippen LogP) is 2.42. The smallest absolute Gasteiger partial charge is 0.269 e. The first-order chi connectivity index (χ1) is 10.0. The van der Waals surface area contributed by atoms with Crippen LogP contribution < -0.4 is 5.32 Å². The fraction of sp³-hybridized carbons (Fsp3) is 0.231. The number of nitro benzene ring substituents is 1. The van der Waals surface area contributed by atoms with Gasteiger partial charge in [0, 0.05) is 30.9 Å².